The normalized spacial score (nSPS) is 17.2. The van der Waals surface area contributed by atoms with Gasteiger partial charge in [0.25, 0.3) is 0 Å². The summed E-state index contributed by atoms with van der Waals surface area (Å²) in [6.45, 7) is 2.47. The van der Waals surface area contributed by atoms with E-state index < -0.39 is 0 Å². The summed E-state index contributed by atoms with van der Waals surface area (Å²) in [6.07, 6.45) is 1.87. The molecule has 28 heavy (non-hydrogen) atoms. The summed E-state index contributed by atoms with van der Waals surface area (Å²) in [6, 6.07) is 15.3. The molecule has 3 N–H and O–H groups in total. The molecule has 1 aliphatic rings. The largest absolute Gasteiger partial charge is 0.369 e. The van der Waals surface area contributed by atoms with Crippen molar-refractivity contribution in [3.63, 3.8) is 0 Å². The minimum absolute atomic E-state index is 0.0528. The third-order valence-electron chi connectivity index (χ3n) is 4.75. The minimum Gasteiger partial charge on any atom is -0.369 e. The average Bonchev–Trinajstić information content (AvgIpc) is 2.69. The zero-order chi connectivity index (χ0) is 19.9. The molecule has 1 saturated heterocycles. The highest BCUT2D eigenvalue weighted by atomic mass is 35.5. The summed E-state index contributed by atoms with van der Waals surface area (Å²) in [5, 5.41) is 3.56. The Morgan fingerprint density at radius 3 is 2.64 bits per heavy atom. The Balaban J connectivity index is 1.48. The molecule has 3 rings (SSSR count). The molecule has 0 aromatic heterocycles. The average molecular weight is 418 g/mol. The van der Waals surface area contributed by atoms with Gasteiger partial charge in [-0.25, -0.2) is 0 Å². The van der Waals surface area contributed by atoms with Crippen molar-refractivity contribution in [1.82, 2.24) is 4.90 Å². The number of likely N-dealkylation sites (tertiary alicyclic amines) is 1. The number of hydrogen-bond donors (Lipinski definition) is 2. The van der Waals surface area contributed by atoms with Crippen molar-refractivity contribution in [2.24, 2.45) is 11.7 Å². The molecule has 0 bridgehead atoms. The van der Waals surface area contributed by atoms with Crippen molar-refractivity contribution in [2.75, 3.05) is 24.2 Å². The van der Waals surface area contributed by atoms with Gasteiger partial charge in [0, 0.05) is 23.7 Å². The first-order chi connectivity index (χ1) is 13.5. The van der Waals surface area contributed by atoms with Crippen LogP contribution < -0.4 is 11.1 Å². The number of carbonyl (C=O) groups excluding carboxylic acids is 2. The first-order valence-electron chi connectivity index (χ1n) is 9.29. The van der Waals surface area contributed by atoms with E-state index >= 15 is 0 Å². The van der Waals surface area contributed by atoms with Gasteiger partial charge in [0.15, 0.2) is 0 Å². The lowest BCUT2D eigenvalue weighted by atomic mass is 9.97. The number of hydrogen-bond acceptors (Lipinski definition) is 4. The number of nitrogens with zero attached hydrogens (tertiary/aromatic N) is 1. The summed E-state index contributed by atoms with van der Waals surface area (Å²) in [7, 11) is 0. The number of primary amides is 1. The fourth-order valence-corrected chi connectivity index (χ4v) is 4.32. The van der Waals surface area contributed by atoms with Gasteiger partial charge in [-0.15, -0.1) is 11.8 Å². The number of thioether (sulfide) groups is 1. The molecule has 0 spiro atoms. The van der Waals surface area contributed by atoms with E-state index in [1.807, 2.05) is 48.5 Å². The quantitative estimate of drug-likeness (QED) is 0.672. The predicted molar refractivity (Wildman–Crippen MR) is 114 cm³/mol. The first kappa shape index (κ1) is 20.7. The van der Waals surface area contributed by atoms with Crippen molar-refractivity contribution in [3.05, 3.63) is 59.1 Å². The van der Waals surface area contributed by atoms with E-state index in [0.717, 1.165) is 42.1 Å². The molecule has 1 atom stereocenters. The van der Waals surface area contributed by atoms with Crippen LogP contribution in [0.3, 0.4) is 0 Å². The standard InChI is InChI=1S/C21H24ClN3O2S/c22-18-5-1-2-6-19(18)28-14-20(26)24-17-9-7-15(8-10-17)12-25-11-3-4-16(13-25)21(23)27/h1-2,5-10,16H,3-4,11-14H2,(H2,23,27)(H,24,26)/t16-/m1/s1. The van der Waals surface area contributed by atoms with Crippen LogP contribution in [0.25, 0.3) is 0 Å². The third-order valence-corrected chi connectivity index (χ3v) is 6.26. The summed E-state index contributed by atoms with van der Waals surface area (Å²) in [4.78, 5) is 26.7. The Morgan fingerprint density at radius 1 is 1.18 bits per heavy atom. The van der Waals surface area contributed by atoms with Crippen molar-refractivity contribution < 1.29 is 9.59 Å². The second-order valence-electron chi connectivity index (χ2n) is 6.94. The molecular formula is C21H24ClN3O2S. The number of amides is 2. The molecule has 0 aliphatic carbocycles. The number of nitrogens with one attached hydrogen (secondary N) is 1. The van der Waals surface area contributed by atoms with E-state index in [9.17, 15) is 9.59 Å². The number of piperidine rings is 1. The SMILES string of the molecule is NC(=O)[C@@H]1CCCN(Cc2ccc(NC(=O)CSc3ccccc3Cl)cc2)C1. The molecule has 2 aromatic carbocycles. The van der Waals surface area contributed by atoms with E-state index in [1.165, 1.54) is 11.8 Å². The maximum Gasteiger partial charge on any atom is 0.234 e. The molecule has 7 heteroatoms. The van der Waals surface area contributed by atoms with Crippen LogP contribution in [0.4, 0.5) is 5.69 Å². The van der Waals surface area contributed by atoms with Crippen molar-refractivity contribution in [3.8, 4) is 0 Å². The van der Waals surface area contributed by atoms with Crippen LogP contribution in [0.5, 0.6) is 0 Å². The van der Waals surface area contributed by atoms with Crippen LogP contribution in [-0.4, -0.2) is 35.6 Å². The summed E-state index contributed by atoms with van der Waals surface area (Å²) >= 11 is 7.52. The lowest BCUT2D eigenvalue weighted by Gasteiger charge is -2.31. The van der Waals surface area contributed by atoms with Gasteiger partial charge in [-0.1, -0.05) is 35.9 Å². The van der Waals surface area contributed by atoms with Crippen LogP contribution in [0.1, 0.15) is 18.4 Å². The molecule has 1 heterocycles. The van der Waals surface area contributed by atoms with Crippen LogP contribution in [0.2, 0.25) is 5.02 Å². The van der Waals surface area contributed by atoms with Crippen LogP contribution in [0, 0.1) is 5.92 Å². The number of benzene rings is 2. The molecule has 148 valence electrons. The monoisotopic (exact) mass is 417 g/mol. The predicted octanol–water partition coefficient (Wildman–Crippen LogP) is 3.77. The van der Waals surface area contributed by atoms with Crippen LogP contribution in [0.15, 0.2) is 53.4 Å². The molecule has 2 aromatic rings. The fraction of sp³-hybridized carbons (Fsp3) is 0.333. The van der Waals surface area contributed by atoms with Crippen molar-refractivity contribution >= 4 is 40.9 Å². The Kier molecular flexibility index (Phi) is 7.36. The van der Waals surface area contributed by atoms with E-state index in [2.05, 4.69) is 10.2 Å². The van der Waals surface area contributed by atoms with Gasteiger partial charge in [-0.05, 0) is 49.2 Å². The lowest BCUT2D eigenvalue weighted by molar-refractivity contribution is -0.123. The van der Waals surface area contributed by atoms with E-state index in [0.29, 0.717) is 17.3 Å². The second-order valence-corrected chi connectivity index (χ2v) is 8.37. The van der Waals surface area contributed by atoms with E-state index in [1.54, 1.807) is 0 Å². The van der Waals surface area contributed by atoms with E-state index in [4.69, 9.17) is 17.3 Å². The van der Waals surface area contributed by atoms with Gasteiger partial charge in [0.1, 0.15) is 0 Å². The highest BCUT2D eigenvalue weighted by Crippen LogP contribution is 2.26. The molecule has 0 unspecified atom stereocenters. The topological polar surface area (TPSA) is 75.4 Å². The molecule has 2 amide bonds. The van der Waals surface area contributed by atoms with Crippen molar-refractivity contribution in [2.45, 2.75) is 24.3 Å². The van der Waals surface area contributed by atoms with Gasteiger partial charge in [0.05, 0.1) is 16.7 Å². The molecule has 1 fully saturated rings. The number of halogens is 1. The Bertz CT molecular complexity index is 829. The van der Waals surface area contributed by atoms with E-state index in [-0.39, 0.29) is 17.7 Å². The van der Waals surface area contributed by atoms with Gasteiger partial charge >= 0.3 is 0 Å². The fourth-order valence-electron chi connectivity index (χ4n) is 3.29. The van der Waals surface area contributed by atoms with Crippen molar-refractivity contribution in [1.29, 1.82) is 0 Å². The zero-order valence-corrected chi connectivity index (χ0v) is 17.1. The first-order valence-corrected chi connectivity index (χ1v) is 10.7. The maximum atomic E-state index is 12.2. The molecular weight excluding hydrogens is 394 g/mol. The maximum absolute atomic E-state index is 12.2. The number of nitrogens with two attached hydrogens (primary N) is 1. The lowest BCUT2D eigenvalue weighted by Crippen LogP contribution is -2.40. The third kappa shape index (κ3) is 5.99. The highest BCUT2D eigenvalue weighted by Gasteiger charge is 2.23. The minimum atomic E-state index is -0.211. The number of anilines is 1. The summed E-state index contributed by atoms with van der Waals surface area (Å²) < 4.78 is 0. The van der Waals surface area contributed by atoms with Gasteiger partial charge < -0.3 is 11.1 Å². The summed E-state index contributed by atoms with van der Waals surface area (Å²) in [5.41, 5.74) is 7.36. The van der Waals surface area contributed by atoms with Gasteiger partial charge in [-0.2, -0.15) is 0 Å². The summed E-state index contributed by atoms with van der Waals surface area (Å²) in [5.74, 6) is -0.0355. The smallest absolute Gasteiger partial charge is 0.234 e. The second kappa shape index (κ2) is 9.96. The molecule has 0 saturated carbocycles. The zero-order valence-electron chi connectivity index (χ0n) is 15.6. The number of carbonyl (C=O) groups is 2. The molecule has 1 aliphatic heterocycles. The van der Waals surface area contributed by atoms with Gasteiger partial charge in [0.2, 0.25) is 11.8 Å². The van der Waals surface area contributed by atoms with Gasteiger partial charge in [-0.3, -0.25) is 14.5 Å². The highest BCUT2D eigenvalue weighted by molar-refractivity contribution is 8.00. The molecule has 5 nitrogen and oxygen atoms in total. The Hall–Kier alpha value is -2.02. The van der Waals surface area contributed by atoms with Crippen LogP contribution >= 0.6 is 23.4 Å². The Labute approximate surface area is 174 Å². The van der Waals surface area contributed by atoms with Crippen LogP contribution in [-0.2, 0) is 16.1 Å². The Morgan fingerprint density at radius 2 is 1.93 bits per heavy atom. The molecule has 0 radical (unpaired) electrons. The number of rotatable bonds is 7.